The van der Waals surface area contributed by atoms with Crippen molar-refractivity contribution >= 4 is 27.1 Å². The molecule has 168 valence electrons. The highest BCUT2D eigenvalue weighted by Crippen LogP contribution is 2.26. The summed E-state index contributed by atoms with van der Waals surface area (Å²) in [6.45, 7) is 6.82. The Hall–Kier alpha value is -2.25. The van der Waals surface area contributed by atoms with Gasteiger partial charge in [-0.25, -0.2) is 8.42 Å². The predicted molar refractivity (Wildman–Crippen MR) is 130 cm³/mol. The minimum atomic E-state index is -3.25. The summed E-state index contributed by atoms with van der Waals surface area (Å²) < 4.78 is 26.3. The van der Waals surface area contributed by atoms with Gasteiger partial charge in [-0.05, 0) is 62.4 Å². The summed E-state index contributed by atoms with van der Waals surface area (Å²) in [5.74, 6) is 0.0807. The van der Waals surface area contributed by atoms with Crippen LogP contribution >= 0.6 is 0 Å². The molecule has 0 unspecified atom stereocenters. The number of anilines is 3. The molecule has 2 heterocycles. The molecule has 6 nitrogen and oxygen atoms in total. The number of benzene rings is 2. The summed E-state index contributed by atoms with van der Waals surface area (Å²) >= 11 is 0. The van der Waals surface area contributed by atoms with Crippen molar-refractivity contribution in [2.45, 2.75) is 38.6 Å². The van der Waals surface area contributed by atoms with Gasteiger partial charge in [0.15, 0.2) is 0 Å². The maximum absolute atomic E-state index is 11.8. The summed E-state index contributed by atoms with van der Waals surface area (Å²) in [6, 6.07) is 17.1. The zero-order valence-corrected chi connectivity index (χ0v) is 19.2. The second kappa shape index (κ2) is 9.92. The maximum Gasteiger partial charge on any atom is 0.232 e. The standard InChI is InChI=1S/C24H34N4O2S/c1-2-31(29,30)26-22-9-5-10-23(19-22)27-16-12-21(13-17-27)25-14-18-28-15-6-8-20-7-3-4-11-24(20)28/h3-5,7,9-11,19,21,25-26H,2,6,8,12-18H2,1H3. The van der Waals surface area contributed by atoms with Gasteiger partial charge in [0.1, 0.15) is 0 Å². The quantitative estimate of drug-likeness (QED) is 0.656. The Morgan fingerprint density at radius 3 is 2.65 bits per heavy atom. The Morgan fingerprint density at radius 2 is 1.84 bits per heavy atom. The Morgan fingerprint density at radius 1 is 1.03 bits per heavy atom. The molecule has 31 heavy (non-hydrogen) atoms. The van der Waals surface area contributed by atoms with Crippen LogP contribution in [0.15, 0.2) is 48.5 Å². The number of nitrogens with zero attached hydrogens (tertiary/aromatic N) is 2. The van der Waals surface area contributed by atoms with E-state index in [4.69, 9.17) is 0 Å². The van der Waals surface area contributed by atoms with Crippen molar-refractivity contribution in [3.63, 3.8) is 0 Å². The first-order valence-corrected chi connectivity index (χ1v) is 13.1. The van der Waals surface area contributed by atoms with E-state index < -0.39 is 10.0 Å². The van der Waals surface area contributed by atoms with E-state index in [0.29, 0.717) is 11.7 Å². The lowest BCUT2D eigenvalue weighted by atomic mass is 10.0. The first-order valence-electron chi connectivity index (χ1n) is 11.5. The monoisotopic (exact) mass is 442 g/mol. The van der Waals surface area contributed by atoms with Gasteiger partial charge in [0.2, 0.25) is 10.0 Å². The lowest BCUT2D eigenvalue weighted by molar-refractivity contribution is 0.417. The van der Waals surface area contributed by atoms with Crippen molar-refractivity contribution in [1.82, 2.24) is 5.32 Å². The molecular formula is C24H34N4O2S. The van der Waals surface area contributed by atoms with Gasteiger partial charge in [0, 0.05) is 50.1 Å². The van der Waals surface area contributed by atoms with Crippen molar-refractivity contribution in [3.8, 4) is 0 Å². The lowest BCUT2D eigenvalue weighted by Crippen LogP contribution is -2.45. The molecule has 0 spiro atoms. The molecule has 2 aromatic carbocycles. The largest absolute Gasteiger partial charge is 0.371 e. The highest BCUT2D eigenvalue weighted by Gasteiger charge is 2.21. The molecule has 0 bridgehead atoms. The molecule has 0 saturated carbocycles. The van der Waals surface area contributed by atoms with Gasteiger partial charge < -0.3 is 15.1 Å². The fourth-order valence-corrected chi connectivity index (χ4v) is 5.24. The normalized spacial score (nSPS) is 17.5. The molecule has 0 aliphatic carbocycles. The lowest BCUT2D eigenvalue weighted by Gasteiger charge is -2.35. The van der Waals surface area contributed by atoms with Gasteiger partial charge in [-0.15, -0.1) is 0 Å². The first-order chi connectivity index (χ1) is 15.0. The average molecular weight is 443 g/mol. The third-order valence-electron chi connectivity index (χ3n) is 6.38. The van der Waals surface area contributed by atoms with Crippen LogP contribution in [0.1, 0.15) is 31.7 Å². The van der Waals surface area contributed by atoms with Gasteiger partial charge in [0.05, 0.1) is 11.4 Å². The minimum Gasteiger partial charge on any atom is -0.371 e. The zero-order chi connectivity index (χ0) is 21.7. The number of hydrogen-bond acceptors (Lipinski definition) is 5. The van der Waals surface area contributed by atoms with Gasteiger partial charge in [-0.2, -0.15) is 0 Å². The second-order valence-corrected chi connectivity index (χ2v) is 10.5. The number of piperidine rings is 1. The Labute approximate surface area is 186 Å². The Bertz CT molecular complexity index is 971. The number of sulfonamides is 1. The van der Waals surface area contributed by atoms with Crippen LogP contribution in [0.2, 0.25) is 0 Å². The van der Waals surface area contributed by atoms with Crippen LogP contribution in [-0.2, 0) is 16.4 Å². The number of para-hydroxylation sites is 1. The first kappa shape index (κ1) is 22.0. The third kappa shape index (κ3) is 5.71. The number of fused-ring (bicyclic) bond motifs is 1. The van der Waals surface area contributed by atoms with E-state index in [0.717, 1.165) is 51.3 Å². The van der Waals surface area contributed by atoms with E-state index in [1.165, 1.54) is 24.1 Å². The average Bonchev–Trinajstić information content (AvgIpc) is 2.80. The highest BCUT2D eigenvalue weighted by atomic mass is 32.2. The van der Waals surface area contributed by atoms with E-state index in [9.17, 15) is 8.42 Å². The van der Waals surface area contributed by atoms with Gasteiger partial charge in [0.25, 0.3) is 0 Å². The van der Waals surface area contributed by atoms with E-state index in [1.54, 1.807) is 6.92 Å². The number of hydrogen-bond donors (Lipinski definition) is 2. The predicted octanol–water partition coefficient (Wildman–Crippen LogP) is 3.46. The van der Waals surface area contributed by atoms with Crippen LogP contribution in [0.4, 0.5) is 17.1 Å². The minimum absolute atomic E-state index is 0.0807. The summed E-state index contributed by atoms with van der Waals surface area (Å²) in [5.41, 5.74) is 4.61. The molecule has 0 amide bonds. The fourth-order valence-electron chi connectivity index (χ4n) is 4.61. The molecule has 0 atom stereocenters. The van der Waals surface area contributed by atoms with Crippen LogP contribution in [0.5, 0.6) is 0 Å². The topological polar surface area (TPSA) is 64.7 Å². The van der Waals surface area contributed by atoms with E-state index >= 15 is 0 Å². The zero-order valence-electron chi connectivity index (χ0n) is 18.4. The van der Waals surface area contributed by atoms with Crippen LogP contribution in [0, 0.1) is 0 Å². The van der Waals surface area contributed by atoms with Gasteiger partial charge in [-0.3, -0.25) is 4.72 Å². The van der Waals surface area contributed by atoms with Crippen molar-refractivity contribution in [2.24, 2.45) is 0 Å². The number of aryl methyl sites for hydroxylation is 1. The van der Waals surface area contributed by atoms with Crippen molar-refractivity contribution in [1.29, 1.82) is 0 Å². The molecule has 2 aliphatic heterocycles. The molecule has 2 N–H and O–H groups in total. The van der Waals surface area contributed by atoms with E-state index in [2.05, 4.69) is 50.2 Å². The van der Waals surface area contributed by atoms with Crippen molar-refractivity contribution in [2.75, 3.05) is 53.0 Å². The number of rotatable bonds is 8. The van der Waals surface area contributed by atoms with E-state index in [1.807, 2.05) is 18.2 Å². The van der Waals surface area contributed by atoms with Gasteiger partial charge in [-0.1, -0.05) is 24.3 Å². The molecule has 0 radical (unpaired) electrons. The fraction of sp³-hybridized carbons (Fsp3) is 0.500. The highest BCUT2D eigenvalue weighted by molar-refractivity contribution is 7.92. The molecular weight excluding hydrogens is 408 g/mol. The maximum atomic E-state index is 11.8. The Balaban J connectivity index is 1.24. The summed E-state index contributed by atoms with van der Waals surface area (Å²) in [4.78, 5) is 4.87. The van der Waals surface area contributed by atoms with Crippen LogP contribution in [0.3, 0.4) is 0 Å². The second-order valence-electron chi connectivity index (χ2n) is 8.49. The van der Waals surface area contributed by atoms with Crippen LogP contribution in [-0.4, -0.2) is 52.9 Å². The molecule has 2 aliphatic rings. The van der Waals surface area contributed by atoms with Crippen molar-refractivity contribution in [3.05, 3.63) is 54.1 Å². The molecule has 0 aromatic heterocycles. The molecule has 1 fully saturated rings. The SMILES string of the molecule is CCS(=O)(=O)Nc1cccc(N2CCC(NCCN3CCCc4ccccc43)CC2)c1. The summed E-state index contributed by atoms with van der Waals surface area (Å²) in [6.07, 6.45) is 4.63. The van der Waals surface area contributed by atoms with E-state index in [-0.39, 0.29) is 5.75 Å². The third-order valence-corrected chi connectivity index (χ3v) is 7.69. The molecule has 4 rings (SSSR count). The number of nitrogens with one attached hydrogen (secondary N) is 2. The molecule has 7 heteroatoms. The Kier molecular flexibility index (Phi) is 7.02. The summed E-state index contributed by atoms with van der Waals surface area (Å²) in [5, 5.41) is 3.76. The van der Waals surface area contributed by atoms with Crippen molar-refractivity contribution < 1.29 is 8.42 Å². The molecule has 1 saturated heterocycles. The van der Waals surface area contributed by atoms with Gasteiger partial charge >= 0.3 is 0 Å². The van der Waals surface area contributed by atoms with Crippen LogP contribution in [0.25, 0.3) is 0 Å². The smallest absolute Gasteiger partial charge is 0.232 e. The summed E-state index contributed by atoms with van der Waals surface area (Å²) in [7, 11) is -3.25. The van der Waals surface area contributed by atoms with Crippen LogP contribution < -0.4 is 19.8 Å². The molecule has 2 aromatic rings.